The van der Waals surface area contributed by atoms with E-state index in [1.165, 1.54) is 23.6 Å². The van der Waals surface area contributed by atoms with Gasteiger partial charge in [0.1, 0.15) is 42.8 Å². The van der Waals surface area contributed by atoms with E-state index in [-0.39, 0.29) is 18.1 Å². The van der Waals surface area contributed by atoms with E-state index in [9.17, 15) is 24.6 Å². The molecule has 2 aromatic rings. The number of phosphoric acid groups is 1. The lowest BCUT2D eigenvalue weighted by atomic mass is 9.92. The number of aliphatic hydroxyl groups is 1. The van der Waals surface area contributed by atoms with Gasteiger partial charge in [-0.05, 0) is 32.9 Å². The molecule has 4 N–H and O–H groups in total. The van der Waals surface area contributed by atoms with E-state index in [4.69, 9.17) is 29.0 Å². The highest BCUT2D eigenvalue weighted by Gasteiger charge is 2.60. The van der Waals surface area contributed by atoms with Crippen LogP contribution in [0.5, 0.6) is 0 Å². The zero-order valence-corrected chi connectivity index (χ0v) is 18.9. The summed E-state index contributed by atoms with van der Waals surface area (Å²) in [4.78, 5) is 25.7. The Bertz CT molecular complexity index is 1100. The van der Waals surface area contributed by atoms with Gasteiger partial charge in [-0.1, -0.05) is 0 Å². The lowest BCUT2D eigenvalue weighted by Crippen LogP contribution is -2.42. The SMILES string of the molecule is CCOP(=O)(O)O[C@H]1[C@@H](O)[C@](C#N)(c2ccc3c(N)ncnn23)O[C@@H]1COC(=O)OC(C)C. The van der Waals surface area contributed by atoms with E-state index in [2.05, 4.69) is 10.1 Å². The number of hydrogen-bond donors (Lipinski definition) is 3. The van der Waals surface area contributed by atoms with Gasteiger partial charge < -0.3 is 29.9 Å². The molecule has 2 aromatic heterocycles. The molecule has 180 valence electrons. The van der Waals surface area contributed by atoms with Crippen LogP contribution in [0.1, 0.15) is 26.5 Å². The van der Waals surface area contributed by atoms with Gasteiger partial charge in [0.2, 0.25) is 5.60 Å². The van der Waals surface area contributed by atoms with Crippen LogP contribution < -0.4 is 5.73 Å². The lowest BCUT2D eigenvalue weighted by Gasteiger charge is -2.25. The Balaban J connectivity index is 1.99. The van der Waals surface area contributed by atoms with E-state index in [1.54, 1.807) is 13.8 Å². The van der Waals surface area contributed by atoms with E-state index < -0.39 is 50.6 Å². The zero-order chi connectivity index (χ0) is 24.4. The van der Waals surface area contributed by atoms with Gasteiger partial charge in [0, 0.05) is 0 Å². The molecule has 1 saturated heterocycles. The number of nitrogens with two attached hydrogens (primary N) is 1. The number of phosphoric ester groups is 1. The molecule has 14 nitrogen and oxygen atoms in total. The van der Waals surface area contributed by atoms with Gasteiger partial charge in [0.15, 0.2) is 5.82 Å². The van der Waals surface area contributed by atoms with Gasteiger partial charge in [-0.25, -0.2) is 18.9 Å². The Kier molecular flexibility index (Phi) is 7.23. The summed E-state index contributed by atoms with van der Waals surface area (Å²) in [6.45, 7) is 3.95. The standard InChI is InChI=1S/C18H24N5O9P/c1-4-29-33(26,27)32-14-12(7-28-17(25)30-10(2)3)31-18(8-19,15(14)24)13-6-5-11-16(20)21-9-22-23(11)13/h5-6,9-10,12,14-15,24H,4,7H2,1-3H3,(H,26,27)(H2,20,21,22)/t12-,14-,15-,18+/m1/s1. The largest absolute Gasteiger partial charge is 0.508 e. The predicted octanol–water partition coefficient (Wildman–Crippen LogP) is 0.874. The second kappa shape index (κ2) is 9.60. The molecule has 0 radical (unpaired) electrons. The molecule has 5 atom stereocenters. The van der Waals surface area contributed by atoms with Gasteiger partial charge in [-0.15, -0.1) is 0 Å². The van der Waals surface area contributed by atoms with Crippen LogP contribution in [0.4, 0.5) is 10.6 Å². The molecular formula is C18H24N5O9P. The molecule has 0 spiro atoms. The van der Waals surface area contributed by atoms with Crippen LogP contribution in [0.15, 0.2) is 18.5 Å². The first-order valence-electron chi connectivity index (χ1n) is 9.89. The van der Waals surface area contributed by atoms with Crippen molar-refractivity contribution in [3.05, 3.63) is 24.2 Å². The summed E-state index contributed by atoms with van der Waals surface area (Å²) in [6.07, 6.45) is -5.15. The minimum Gasteiger partial charge on any atom is -0.432 e. The maximum Gasteiger partial charge on any atom is 0.508 e. The maximum absolute atomic E-state index is 12.3. The highest BCUT2D eigenvalue weighted by molar-refractivity contribution is 7.47. The third-order valence-electron chi connectivity index (χ3n) is 4.70. The number of nitrogen functional groups attached to an aromatic ring is 1. The number of rotatable bonds is 8. The summed E-state index contributed by atoms with van der Waals surface area (Å²) in [6, 6.07) is 4.82. The number of hydrogen-bond acceptors (Lipinski definition) is 12. The summed E-state index contributed by atoms with van der Waals surface area (Å²) in [5.41, 5.74) is 4.08. The van der Waals surface area contributed by atoms with Gasteiger partial charge in [-0.3, -0.25) is 9.05 Å². The first-order chi connectivity index (χ1) is 15.5. The van der Waals surface area contributed by atoms with Crippen LogP contribution in [0.3, 0.4) is 0 Å². The number of nitrogens with zero attached hydrogens (tertiary/aromatic N) is 4. The van der Waals surface area contributed by atoms with Gasteiger partial charge in [-0.2, -0.15) is 10.4 Å². The second-order valence-electron chi connectivity index (χ2n) is 7.29. The Morgan fingerprint density at radius 2 is 2.21 bits per heavy atom. The van der Waals surface area contributed by atoms with Crippen LogP contribution >= 0.6 is 7.82 Å². The van der Waals surface area contributed by atoms with Gasteiger partial charge in [0.25, 0.3) is 0 Å². The molecule has 15 heteroatoms. The minimum absolute atomic E-state index is 0.0478. The number of carbonyl (C=O) groups is 1. The number of ether oxygens (including phenoxy) is 3. The molecule has 33 heavy (non-hydrogen) atoms. The quantitative estimate of drug-likeness (QED) is 0.351. The van der Waals surface area contributed by atoms with Crippen molar-refractivity contribution in [2.45, 2.75) is 50.8 Å². The molecule has 1 aliphatic rings. The van der Waals surface area contributed by atoms with E-state index in [1.807, 2.05) is 6.07 Å². The van der Waals surface area contributed by atoms with Crippen molar-refractivity contribution in [2.24, 2.45) is 0 Å². The number of aliphatic hydroxyl groups excluding tert-OH is 1. The van der Waals surface area contributed by atoms with Gasteiger partial charge >= 0.3 is 14.0 Å². The van der Waals surface area contributed by atoms with Crippen molar-refractivity contribution in [1.29, 1.82) is 5.26 Å². The Morgan fingerprint density at radius 3 is 2.85 bits per heavy atom. The molecule has 3 heterocycles. The smallest absolute Gasteiger partial charge is 0.432 e. The molecule has 0 amide bonds. The van der Waals surface area contributed by atoms with Crippen molar-refractivity contribution in [2.75, 3.05) is 18.9 Å². The van der Waals surface area contributed by atoms with Crippen molar-refractivity contribution in [3.63, 3.8) is 0 Å². The van der Waals surface area contributed by atoms with E-state index in [0.717, 1.165) is 6.33 Å². The van der Waals surface area contributed by atoms with Crippen LogP contribution in [0.2, 0.25) is 0 Å². The molecule has 0 aromatic carbocycles. The number of aromatic nitrogens is 3. The Hall–Kier alpha value is -2.79. The number of carbonyl (C=O) groups excluding carboxylic acids is 1. The molecule has 1 unspecified atom stereocenters. The fraction of sp³-hybridized carbons (Fsp3) is 0.556. The van der Waals surface area contributed by atoms with Crippen molar-refractivity contribution in [3.8, 4) is 6.07 Å². The van der Waals surface area contributed by atoms with Crippen LogP contribution in [-0.2, 0) is 33.4 Å². The van der Waals surface area contributed by atoms with Crippen molar-refractivity contribution < 1.29 is 42.6 Å². The summed E-state index contributed by atoms with van der Waals surface area (Å²) < 4.78 is 39.1. The second-order valence-corrected chi connectivity index (χ2v) is 8.70. The Labute approximate surface area is 188 Å². The summed E-state index contributed by atoms with van der Waals surface area (Å²) in [7, 11) is -4.66. The Morgan fingerprint density at radius 1 is 1.48 bits per heavy atom. The van der Waals surface area contributed by atoms with Crippen LogP contribution in [-0.4, -0.2) is 68.4 Å². The molecule has 0 aliphatic carbocycles. The zero-order valence-electron chi connectivity index (χ0n) is 18.0. The van der Waals surface area contributed by atoms with Crippen LogP contribution in [0, 0.1) is 11.3 Å². The third kappa shape index (κ3) is 4.93. The fourth-order valence-electron chi connectivity index (χ4n) is 3.38. The van der Waals surface area contributed by atoms with E-state index in [0.29, 0.717) is 5.52 Å². The van der Waals surface area contributed by atoms with Crippen molar-refractivity contribution in [1.82, 2.24) is 14.6 Å². The molecule has 1 fully saturated rings. The molecule has 1 aliphatic heterocycles. The number of fused-ring (bicyclic) bond motifs is 1. The average molecular weight is 485 g/mol. The topological polar surface area (TPSA) is 201 Å². The predicted molar refractivity (Wildman–Crippen MR) is 109 cm³/mol. The average Bonchev–Trinajstić information content (AvgIpc) is 3.27. The normalized spacial score (nSPS) is 26.8. The van der Waals surface area contributed by atoms with E-state index >= 15 is 0 Å². The highest BCUT2D eigenvalue weighted by Crippen LogP contribution is 2.50. The summed E-state index contributed by atoms with van der Waals surface area (Å²) >= 11 is 0. The fourth-order valence-corrected chi connectivity index (χ4v) is 4.33. The van der Waals surface area contributed by atoms with Gasteiger partial charge in [0.05, 0.1) is 18.4 Å². The number of anilines is 1. The first-order valence-corrected chi connectivity index (χ1v) is 11.4. The maximum atomic E-state index is 12.3. The molecule has 0 saturated carbocycles. The molecular weight excluding hydrogens is 461 g/mol. The minimum atomic E-state index is -4.66. The monoisotopic (exact) mass is 485 g/mol. The lowest BCUT2D eigenvalue weighted by molar-refractivity contribution is -0.0736. The van der Waals surface area contributed by atoms with Crippen molar-refractivity contribution >= 4 is 25.3 Å². The highest BCUT2D eigenvalue weighted by atomic mass is 31.2. The molecule has 3 rings (SSSR count). The first kappa shape index (κ1) is 24.8. The summed E-state index contributed by atoms with van der Waals surface area (Å²) in [5, 5.41) is 25.2. The third-order valence-corrected chi connectivity index (χ3v) is 5.80. The summed E-state index contributed by atoms with van der Waals surface area (Å²) in [5.74, 6) is 0.108. The number of nitriles is 1. The van der Waals surface area contributed by atoms with Crippen LogP contribution in [0.25, 0.3) is 5.52 Å². The molecule has 0 bridgehead atoms.